The van der Waals surface area contributed by atoms with E-state index < -0.39 is 0 Å². The van der Waals surface area contributed by atoms with Crippen molar-refractivity contribution in [1.29, 1.82) is 0 Å². The van der Waals surface area contributed by atoms with Crippen LogP contribution in [0.3, 0.4) is 0 Å². The van der Waals surface area contributed by atoms with Crippen molar-refractivity contribution in [2.24, 2.45) is 0 Å². The van der Waals surface area contributed by atoms with Gasteiger partial charge in [0.1, 0.15) is 11.6 Å². The van der Waals surface area contributed by atoms with Crippen LogP contribution in [0.4, 0.5) is 23.1 Å². The van der Waals surface area contributed by atoms with E-state index in [1.54, 1.807) is 31.3 Å². The molecule has 3 aromatic rings. The molecule has 0 saturated heterocycles. The van der Waals surface area contributed by atoms with Crippen LogP contribution < -0.4 is 15.4 Å². The maximum Gasteiger partial charge on any atom is 0.229 e. The maximum atomic E-state index is 11.3. The summed E-state index contributed by atoms with van der Waals surface area (Å²) in [5, 5.41) is 6.38. The second-order valence-electron chi connectivity index (χ2n) is 5.58. The number of nitrogens with one attached hydrogen (secondary N) is 2. The lowest BCUT2D eigenvalue weighted by Crippen LogP contribution is -2.02. The standard InChI is InChI=1S/C20H20N4O2/c1-3-26-18-7-5-4-6-17(18)23-19-12-13-21-20(24-19)22-16-10-8-15(9-11-16)14(2)25/h4-13H,3H2,1-2H3,(H2,21,22,23,24). The Morgan fingerprint density at radius 3 is 2.54 bits per heavy atom. The van der Waals surface area contributed by atoms with Gasteiger partial charge in [-0.25, -0.2) is 4.98 Å². The topological polar surface area (TPSA) is 76.1 Å². The number of carbonyl (C=O) groups excluding carboxylic acids is 1. The molecule has 0 fully saturated rings. The number of aromatic nitrogens is 2. The third-order valence-corrected chi connectivity index (χ3v) is 3.65. The van der Waals surface area contributed by atoms with Crippen LogP contribution in [-0.4, -0.2) is 22.4 Å². The third kappa shape index (κ3) is 4.36. The van der Waals surface area contributed by atoms with E-state index in [2.05, 4.69) is 20.6 Å². The van der Waals surface area contributed by atoms with Gasteiger partial charge in [0.15, 0.2) is 5.78 Å². The Bertz CT molecular complexity index is 894. The number of ether oxygens (including phenoxy) is 1. The molecule has 2 aromatic carbocycles. The highest BCUT2D eigenvalue weighted by molar-refractivity contribution is 5.94. The van der Waals surface area contributed by atoms with Gasteiger partial charge in [0.25, 0.3) is 0 Å². The average Bonchev–Trinajstić information content (AvgIpc) is 2.64. The van der Waals surface area contributed by atoms with Gasteiger partial charge in [0, 0.05) is 17.4 Å². The summed E-state index contributed by atoms with van der Waals surface area (Å²) in [4.78, 5) is 20.0. The molecule has 1 aromatic heterocycles. The predicted octanol–water partition coefficient (Wildman–Crippen LogP) is 4.57. The lowest BCUT2D eigenvalue weighted by Gasteiger charge is -2.12. The van der Waals surface area contributed by atoms with E-state index in [4.69, 9.17) is 4.74 Å². The Kier molecular flexibility index (Phi) is 5.43. The smallest absolute Gasteiger partial charge is 0.229 e. The SMILES string of the molecule is CCOc1ccccc1Nc1ccnc(Nc2ccc(C(C)=O)cc2)n1. The Balaban J connectivity index is 1.75. The number of ketones is 1. The first kappa shape index (κ1) is 17.4. The van der Waals surface area contributed by atoms with Gasteiger partial charge in [-0.2, -0.15) is 4.98 Å². The van der Waals surface area contributed by atoms with Crippen molar-refractivity contribution in [3.63, 3.8) is 0 Å². The second kappa shape index (κ2) is 8.11. The number of para-hydroxylation sites is 2. The fourth-order valence-electron chi connectivity index (χ4n) is 2.40. The average molecular weight is 348 g/mol. The van der Waals surface area contributed by atoms with Gasteiger partial charge in [0.05, 0.1) is 12.3 Å². The van der Waals surface area contributed by atoms with E-state index in [1.165, 1.54) is 0 Å². The van der Waals surface area contributed by atoms with E-state index in [0.29, 0.717) is 23.9 Å². The normalized spacial score (nSPS) is 10.2. The van der Waals surface area contributed by atoms with Gasteiger partial charge in [-0.3, -0.25) is 4.79 Å². The van der Waals surface area contributed by atoms with E-state index >= 15 is 0 Å². The Morgan fingerprint density at radius 1 is 1.04 bits per heavy atom. The van der Waals surface area contributed by atoms with Crippen LogP contribution in [0, 0.1) is 0 Å². The number of anilines is 4. The summed E-state index contributed by atoms with van der Waals surface area (Å²) in [7, 11) is 0. The van der Waals surface area contributed by atoms with Crippen LogP contribution in [0.1, 0.15) is 24.2 Å². The molecule has 0 aliphatic rings. The molecular weight excluding hydrogens is 328 g/mol. The van der Waals surface area contributed by atoms with Gasteiger partial charge in [-0.05, 0) is 56.3 Å². The molecule has 0 aliphatic carbocycles. The zero-order valence-electron chi connectivity index (χ0n) is 14.7. The first-order valence-corrected chi connectivity index (χ1v) is 8.35. The quantitative estimate of drug-likeness (QED) is 0.609. The molecule has 0 aliphatic heterocycles. The predicted molar refractivity (Wildman–Crippen MR) is 103 cm³/mol. The van der Waals surface area contributed by atoms with Crippen LogP contribution in [0.5, 0.6) is 5.75 Å². The molecule has 0 amide bonds. The molecule has 132 valence electrons. The lowest BCUT2D eigenvalue weighted by atomic mass is 10.1. The summed E-state index contributed by atoms with van der Waals surface area (Å²) in [6.07, 6.45) is 1.67. The molecule has 0 bridgehead atoms. The fraction of sp³-hybridized carbons (Fsp3) is 0.150. The molecular formula is C20H20N4O2. The number of Topliss-reactive ketones (excluding diaryl/α,β-unsaturated/α-hetero) is 1. The van der Waals surface area contributed by atoms with Crippen molar-refractivity contribution in [3.05, 3.63) is 66.4 Å². The zero-order valence-corrected chi connectivity index (χ0v) is 14.7. The van der Waals surface area contributed by atoms with Crippen molar-refractivity contribution in [3.8, 4) is 5.75 Å². The van der Waals surface area contributed by atoms with Crippen LogP contribution in [0.25, 0.3) is 0 Å². The highest BCUT2D eigenvalue weighted by Gasteiger charge is 2.06. The number of nitrogens with zero attached hydrogens (tertiary/aromatic N) is 2. The summed E-state index contributed by atoms with van der Waals surface area (Å²) >= 11 is 0. The van der Waals surface area contributed by atoms with Crippen molar-refractivity contribution in [1.82, 2.24) is 9.97 Å². The second-order valence-corrected chi connectivity index (χ2v) is 5.58. The first-order valence-electron chi connectivity index (χ1n) is 8.35. The minimum Gasteiger partial charge on any atom is -0.492 e. The van der Waals surface area contributed by atoms with Crippen LogP contribution in [-0.2, 0) is 0 Å². The molecule has 0 radical (unpaired) electrons. The first-order chi connectivity index (χ1) is 12.7. The van der Waals surface area contributed by atoms with E-state index in [1.807, 2.05) is 43.3 Å². The monoisotopic (exact) mass is 348 g/mol. The third-order valence-electron chi connectivity index (χ3n) is 3.65. The van der Waals surface area contributed by atoms with Crippen molar-refractivity contribution in [2.75, 3.05) is 17.2 Å². The molecule has 0 saturated carbocycles. The van der Waals surface area contributed by atoms with Gasteiger partial charge in [-0.1, -0.05) is 12.1 Å². The van der Waals surface area contributed by atoms with Crippen LogP contribution in [0.15, 0.2) is 60.8 Å². The van der Waals surface area contributed by atoms with E-state index in [-0.39, 0.29) is 5.78 Å². The largest absolute Gasteiger partial charge is 0.492 e. The fourth-order valence-corrected chi connectivity index (χ4v) is 2.40. The van der Waals surface area contributed by atoms with Gasteiger partial charge in [-0.15, -0.1) is 0 Å². The Morgan fingerprint density at radius 2 is 1.81 bits per heavy atom. The van der Waals surface area contributed by atoms with Crippen molar-refractivity contribution >= 4 is 28.9 Å². The van der Waals surface area contributed by atoms with Gasteiger partial charge in [0.2, 0.25) is 5.95 Å². The maximum absolute atomic E-state index is 11.3. The summed E-state index contributed by atoms with van der Waals surface area (Å²) in [5.41, 5.74) is 2.31. The molecule has 6 nitrogen and oxygen atoms in total. The Labute approximate surface area is 152 Å². The van der Waals surface area contributed by atoms with Gasteiger partial charge < -0.3 is 15.4 Å². The van der Waals surface area contributed by atoms with Gasteiger partial charge >= 0.3 is 0 Å². The highest BCUT2D eigenvalue weighted by Crippen LogP contribution is 2.27. The minimum absolute atomic E-state index is 0.0342. The Hall–Kier alpha value is -3.41. The summed E-state index contributed by atoms with van der Waals surface area (Å²) in [6, 6.07) is 16.7. The van der Waals surface area contributed by atoms with Crippen molar-refractivity contribution in [2.45, 2.75) is 13.8 Å². The van der Waals surface area contributed by atoms with E-state index in [9.17, 15) is 4.79 Å². The summed E-state index contributed by atoms with van der Waals surface area (Å²) in [6.45, 7) is 4.08. The number of hydrogen-bond acceptors (Lipinski definition) is 6. The van der Waals surface area contributed by atoms with Crippen LogP contribution in [0.2, 0.25) is 0 Å². The molecule has 6 heteroatoms. The number of benzene rings is 2. The number of carbonyl (C=O) groups is 1. The summed E-state index contributed by atoms with van der Waals surface area (Å²) < 4.78 is 5.62. The molecule has 0 unspecified atom stereocenters. The number of rotatable bonds is 7. The molecule has 26 heavy (non-hydrogen) atoms. The number of hydrogen-bond donors (Lipinski definition) is 2. The van der Waals surface area contributed by atoms with Crippen LogP contribution >= 0.6 is 0 Å². The summed E-state index contributed by atoms with van der Waals surface area (Å²) in [5.74, 6) is 1.91. The lowest BCUT2D eigenvalue weighted by molar-refractivity contribution is 0.101. The van der Waals surface area contributed by atoms with Crippen molar-refractivity contribution < 1.29 is 9.53 Å². The molecule has 0 atom stereocenters. The molecule has 2 N–H and O–H groups in total. The van der Waals surface area contributed by atoms with E-state index in [0.717, 1.165) is 17.1 Å². The zero-order chi connectivity index (χ0) is 18.4. The molecule has 3 rings (SSSR count). The highest BCUT2D eigenvalue weighted by atomic mass is 16.5. The minimum atomic E-state index is 0.0342. The molecule has 1 heterocycles. The molecule has 0 spiro atoms.